The Balaban J connectivity index is 0.000000534. The first-order valence-electron chi connectivity index (χ1n) is 18.7. The molecule has 0 unspecified atom stereocenters. The number of nitrogens with zero attached hydrogens (tertiary/aromatic N) is 2. The largest absolute Gasteiger partial charge is 0.507 e. The van der Waals surface area contributed by atoms with Gasteiger partial charge in [-0.2, -0.15) is 10.2 Å². The number of benzene rings is 4. The molecule has 4 rings (SSSR count). The third-order valence-electron chi connectivity index (χ3n) is 8.55. The highest BCUT2D eigenvalue weighted by molar-refractivity contribution is 5.98. The van der Waals surface area contributed by atoms with Crippen molar-refractivity contribution in [1.82, 2.24) is 10.9 Å². The Kier molecular flexibility index (Phi) is 18.3. The van der Waals surface area contributed by atoms with Gasteiger partial charge in [-0.15, -0.1) is 0 Å². The van der Waals surface area contributed by atoms with Crippen molar-refractivity contribution < 1.29 is 40.2 Å². The van der Waals surface area contributed by atoms with Crippen LogP contribution in [0, 0.1) is 0 Å². The molecule has 0 heterocycles. The molecule has 0 atom stereocenters. The number of para-hydroxylation sites is 2. The van der Waals surface area contributed by atoms with Crippen molar-refractivity contribution in [3.05, 3.63) is 117 Å². The summed E-state index contributed by atoms with van der Waals surface area (Å²) in [7, 11) is 2.00. The highest BCUT2D eigenvalue weighted by Crippen LogP contribution is 2.40. The summed E-state index contributed by atoms with van der Waals surface area (Å²) in [5.74, 6) is -0.582. The highest BCUT2D eigenvalue weighted by atomic mass is 16.3. The third kappa shape index (κ3) is 14.3. The summed E-state index contributed by atoms with van der Waals surface area (Å²) in [6, 6.07) is 20.1. The molecule has 2 amide bonds. The normalized spacial score (nSPS) is 11.7. The van der Waals surface area contributed by atoms with Gasteiger partial charge in [-0.05, 0) is 81.3 Å². The maximum atomic E-state index is 12.1. The number of nitrogens with one attached hydrogen (secondary N) is 2. The summed E-state index contributed by atoms with van der Waals surface area (Å²) < 4.78 is 0. The molecule has 0 spiro atoms. The van der Waals surface area contributed by atoms with E-state index >= 15 is 0 Å². The first kappa shape index (κ1) is 50.3. The van der Waals surface area contributed by atoms with Gasteiger partial charge in [0.05, 0.1) is 23.6 Å². The summed E-state index contributed by atoms with van der Waals surface area (Å²) in [6.45, 7) is 24.4. The Morgan fingerprint density at radius 3 is 0.931 bits per heavy atom. The maximum Gasteiger partial charge on any atom is 0.275 e. The third-order valence-corrected chi connectivity index (χ3v) is 8.55. The van der Waals surface area contributed by atoms with E-state index in [2.05, 4.69) is 21.1 Å². The molecule has 12 heteroatoms. The van der Waals surface area contributed by atoms with Crippen LogP contribution in [0.4, 0.5) is 0 Å². The van der Waals surface area contributed by atoms with Crippen molar-refractivity contribution in [3.8, 4) is 23.0 Å². The summed E-state index contributed by atoms with van der Waals surface area (Å²) in [5.41, 5.74) is 9.05. The van der Waals surface area contributed by atoms with Crippen molar-refractivity contribution in [2.24, 2.45) is 10.2 Å². The molecule has 4 aromatic rings. The van der Waals surface area contributed by atoms with Crippen LogP contribution in [0.25, 0.3) is 0 Å². The minimum atomic E-state index is -0.491. The molecule has 8 N–H and O–H groups in total. The lowest BCUT2D eigenvalue weighted by Crippen LogP contribution is -2.19. The van der Waals surface area contributed by atoms with Gasteiger partial charge in [0.15, 0.2) is 0 Å². The topological polar surface area (TPSA) is 204 Å². The zero-order chi connectivity index (χ0) is 44.8. The fraction of sp³-hybridized carbons (Fsp3) is 0.391. The Hall–Kier alpha value is -5.72. The van der Waals surface area contributed by atoms with Crippen molar-refractivity contribution in [2.75, 3.05) is 14.2 Å². The predicted molar refractivity (Wildman–Crippen MR) is 234 cm³/mol. The van der Waals surface area contributed by atoms with E-state index in [9.17, 15) is 30.0 Å². The van der Waals surface area contributed by atoms with Gasteiger partial charge < -0.3 is 30.6 Å². The molecule has 4 aromatic carbocycles. The summed E-state index contributed by atoms with van der Waals surface area (Å²) in [6.07, 6.45) is 3.09. The summed E-state index contributed by atoms with van der Waals surface area (Å²) in [4.78, 5) is 24.3. The maximum absolute atomic E-state index is 12.1. The number of phenols is 4. The van der Waals surface area contributed by atoms with Crippen molar-refractivity contribution >= 4 is 24.2 Å². The van der Waals surface area contributed by atoms with Gasteiger partial charge in [-0.1, -0.05) is 107 Å². The van der Waals surface area contributed by atoms with E-state index in [1.54, 1.807) is 36.7 Å². The van der Waals surface area contributed by atoms with E-state index in [1.807, 2.05) is 107 Å². The van der Waals surface area contributed by atoms with Crippen LogP contribution in [-0.2, 0) is 21.7 Å². The van der Waals surface area contributed by atoms with Crippen molar-refractivity contribution in [3.63, 3.8) is 0 Å². The zero-order valence-electron chi connectivity index (χ0n) is 36.5. The molecule has 0 fully saturated rings. The van der Waals surface area contributed by atoms with Crippen LogP contribution >= 0.6 is 0 Å². The average molecular weight is 801 g/mol. The number of hydrogen-bond acceptors (Lipinski definition) is 10. The number of hydrazone groups is 2. The number of carbonyl (C=O) groups is 2. The first-order valence-corrected chi connectivity index (χ1v) is 18.7. The van der Waals surface area contributed by atoms with Crippen LogP contribution in [0.3, 0.4) is 0 Å². The molecule has 0 aliphatic heterocycles. The molecule has 0 saturated carbocycles. The Morgan fingerprint density at radius 1 is 0.466 bits per heavy atom. The van der Waals surface area contributed by atoms with Gasteiger partial charge >= 0.3 is 0 Å². The van der Waals surface area contributed by atoms with E-state index < -0.39 is 11.8 Å². The SMILES string of the molecule is CC(C)(C)c1cc(/C=N/NC(=O)c2ccccc2O)cc(C(C)(C)C)c1O.CC(C)(C)c1cc(/C=N/NC(=O)c2ccccc2O)cc(C(C)(C)C)c1O.CO.CO. The quantitative estimate of drug-likeness (QED) is 0.0705. The van der Waals surface area contributed by atoms with E-state index in [1.165, 1.54) is 24.3 Å². The monoisotopic (exact) mass is 800 g/mol. The van der Waals surface area contributed by atoms with E-state index in [-0.39, 0.29) is 44.3 Å². The lowest BCUT2D eigenvalue weighted by molar-refractivity contribution is 0.0944. The molecule has 0 bridgehead atoms. The lowest BCUT2D eigenvalue weighted by atomic mass is 9.78. The van der Waals surface area contributed by atoms with E-state index in [0.29, 0.717) is 11.5 Å². The second-order valence-electron chi connectivity index (χ2n) is 17.4. The second-order valence-corrected chi connectivity index (χ2v) is 17.4. The predicted octanol–water partition coefficient (Wildman–Crippen LogP) is 8.13. The fourth-order valence-electron chi connectivity index (χ4n) is 5.53. The van der Waals surface area contributed by atoms with Gasteiger partial charge in [0.2, 0.25) is 0 Å². The number of aromatic hydroxyl groups is 4. The molecule has 0 radical (unpaired) electrons. The van der Waals surface area contributed by atoms with Crippen LogP contribution in [0.2, 0.25) is 0 Å². The Bertz CT molecular complexity index is 1830. The van der Waals surface area contributed by atoms with Gasteiger partial charge in [-0.3, -0.25) is 9.59 Å². The highest BCUT2D eigenvalue weighted by Gasteiger charge is 2.27. The second kappa shape index (κ2) is 21.2. The summed E-state index contributed by atoms with van der Waals surface area (Å²) in [5, 5.41) is 63.0. The van der Waals surface area contributed by atoms with Crippen LogP contribution < -0.4 is 10.9 Å². The first-order chi connectivity index (χ1) is 26.8. The number of aliphatic hydroxyl groups is 2. The van der Waals surface area contributed by atoms with Gasteiger partial charge in [0.1, 0.15) is 23.0 Å². The Morgan fingerprint density at radius 2 is 0.707 bits per heavy atom. The molecular weight excluding hydrogens is 737 g/mol. The minimum absolute atomic E-state index is 0.0973. The number of amides is 2. The van der Waals surface area contributed by atoms with Crippen molar-refractivity contribution in [2.45, 2.75) is 105 Å². The molecular formula is C46H64N4O8. The Labute approximate surface area is 344 Å². The van der Waals surface area contributed by atoms with Crippen LogP contribution in [-0.4, -0.2) is 69.1 Å². The molecule has 0 saturated heterocycles. The minimum Gasteiger partial charge on any atom is -0.507 e. The van der Waals surface area contributed by atoms with Crippen LogP contribution in [0.15, 0.2) is 83.0 Å². The summed E-state index contributed by atoms with van der Waals surface area (Å²) >= 11 is 0. The van der Waals surface area contributed by atoms with Crippen LogP contribution in [0.5, 0.6) is 23.0 Å². The molecule has 58 heavy (non-hydrogen) atoms. The molecule has 316 valence electrons. The molecule has 0 aliphatic carbocycles. The van der Waals surface area contributed by atoms with Gasteiger partial charge in [0.25, 0.3) is 11.8 Å². The number of carbonyl (C=O) groups excluding carboxylic acids is 2. The number of hydrogen-bond donors (Lipinski definition) is 8. The zero-order valence-corrected chi connectivity index (χ0v) is 36.5. The number of phenolic OH excluding ortho intramolecular Hbond substituents is 4. The van der Waals surface area contributed by atoms with Crippen LogP contribution in [0.1, 0.15) is 137 Å². The van der Waals surface area contributed by atoms with Gasteiger partial charge in [-0.25, -0.2) is 10.9 Å². The molecule has 0 aromatic heterocycles. The number of rotatable bonds is 6. The van der Waals surface area contributed by atoms with E-state index in [4.69, 9.17) is 10.2 Å². The van der Waals surface area contributed by atoms with Crippen molar-refractivity contribution in [1.29, 1.82) is 0 Å². The average Bonchev–Trinajstić information content (AvgIpc) is 3.13. The smallest absolute Gasteiger partial charge is 0.275 e. The lowest BCUT2D eigenvalue weighted by Gasteiger charge is -2.27. The number of aliphatic hydroxyl groups excluding tert-OH is 2. The van der Waals surface area contributed by atoms with Gasteiger partial charge in [0, 0.05) is 36.5 Å². The molecule has 12 nitrogen and oxygen atoms in total. The molecule has 0 aliphatic rings. The standard InChI is InChI=1S/2C22H28N2O3.2CH4O/c2*1-21(2,3)16-11-14(12-17(19(16)26)22(4,5)6)13-23-24-20(27)15-9-7-8-10-18(15)25;2*1-2/h2*7-13,25-26H,1-6H3,(H,24,27);2*2H,1H3/b2*23-13+;;. The van der Waals surface area contributed by atoms with E-state index in [0.717, 1.165) is 47.6 Å². The fourth-order valence-corrected chi connectivity index (χ4v) is 5.53.